The molecule has 1 aliphatic heterocycles. The lowest BCUT2D eigenvalue weighted by Crippen LogP contribution is -2.42. The highest BCUT2D eigenvalue weighted by atomic mass is 32.2. The molecule has 3 rings (SSSR count). The van der Waals surface area contributed by atoms with Crippen molar-refractivity contribution in [2.75, 3.05) is 23.3 Å². The van der Waals surface area contributed by atoms with E-state index in [0.29, 0.717) is 25.2 Å². The Hall–Kier alpha value is -3.23. The molecule has 1 saturated heterocycles. The van der Waals surface area contributed by atoms with Crippen molar-refractivity contribution in [3.05, 3.63) is 57.9 Å². The van der Waals surface area contributed by atoms with Crippen LogP contribution in [0.4, 0.5) is 21.5 Å². The molecule has 0 saturated carbocycles. The van der Waals surface area contributed by atoms with Gasteiger partial charge in [-0.3, -0.25) is 10.1 Å². The number of primary sulfonamides is 1. The Labute approximate surface area is 166 Å². The molecular formula is C18H18FN5O4S. The molecule has 1 aliphatic rings. The van der Waals surface area contributed by atoms with Crippen molar-refractivity contribution in [3.8, 4) is 6.07 Å². The van der Waals surface area contributed by atoms with Crippen molar-refractivity contribution in [1.29, 1.82) is 5.26 Å². The Morgan fingerprint density at radius 1 is 1.31 bits per heavy atom. The number of benzene rings is 2. The van der Waals surface area contributed by atoms with E-state index in [4.69, 9.17) is 10.4 Å². The third kappa shape index (κ3) is 4.61. The van der Waals surface area contributed by atoms with E-state index >= 15 is 0 Å². The Morgan fingerprint density at radius 3 is 2.69 bits per heavy atom. The number of nitro groups is 1. The zero-order valence-corrected chi connectivity index (χ0v) is 16.0. The van der Waals surface area contributed by atoms with E-state index in [1.807, 2.05) is 6.07 Å². The topological polar surface area (TPSA) is 142 Å². The Bertz CT molecular complexity index is 1100. The van der Waals surface area contributed by atoms with Gasteiger partial charge in [-0.1, -0.05) is 0 Å². The molecule has 0 radical (unpaired) electrons. The first-order valence-corrected chi connectivity index (χ1v) is 10.3. The summed E-state index contributed by atoms with van der Waals surface area (Å²) in [5.74, 6) is -0.509. The average Bonchev–Trinajstić information content (AvgIpc) is 2.67. The second kappa shape index (κ2) is 8.02. The largest absolute Gasteiger partial charge is 0.379 e. The van der Waals surface area contributed by atoms with Crippen LogP contribution in [-0.2, 0) is 10.0 Å². The van der Waals surface area contributed by atoms with Crippen LogP contribution in [-0.4, -0.2) is 32.5 Å². The summed E-state index contributed by atoms with van der Waals surface area (Å²) in [6.45, 7) is 0.979. The third-order valence-electron chi connectivity index (χ3n) is 4.68. The van der Waals surface area contributed by atoms with E-state index < -0.39 is 20.8 Å². The first kappa shape index (κ1) is 20.5. The third-order valence-corrected chi connectivity index (χ3v) is 5.63. The van der Waals surface area contributed by atoms with Crippen molar-refractivity contribution in [2.24, 2.45) is 5.14 Å². The highest BCUT2D eigenvalue weighted by Gasteiger charge is 2.25. The van der Waals surface area contributed by atoms with Gasteiger partial charge in [-0.25, -0.2) is 17.9 Å². The van der Waals surface area contributed by atoms with E-state index in [9.17, 15) is 22.9 Å². The standard InChI is InChI=1S/C18H18FN5O4S/c19-15-8-12(10-20)3-6-17(15)23-7-1-2-13(11-23)22-16-5-4-14(24(25)26)9-18(16)29(21,27)28/h3-6,8-9,13,22H,1-2,7,11H2,(H2,21,27,28). The van der Waals surface area contributed by atoms with Crippen molar-refractivity contribution in [3.63, 3.8) is 0 Å². The number of hydrogen-bond acceptors (Lipinski definition) is 7. The highest BCUT2D eigenvalue weighted by Crippen LogP contribution is 2.29. The minimum absolute atomic E-state index is 0.158. The number of nitrogens with one attached hydrogen (secondary N) is 1. The van der Waals surface area contributed by atoms with E-state index in [1.165, 1.54) is 30.3 Å². The zero-order valence-electron chi connectivity index (χ0n) is 15.2. The van der Waals surface area contributed by atoms with Crippen molar-refractivity contribution in [2.45, 2.75) is 23.8 Å². The molecule has 1 heterocycles. The molecule has 1 atom stereocenters. The number of rotatable bonds is 5. The minimum atomic E-state index is -4.19. The molecule has 11 heteroatoms. The maximum atomic E-state index is 14.3. The average molecular weight is 419 g/mol. The molecule has 1 fully saturated rings. The van der Waals surface area contributed by atoms with Crippen LogP contribution in [0.1, 0.15) is 18.4 Å². The van der Waals surface area contributed by atoms with Crippen LogP contribution in [0.25, 0.3) is 0 Å². The van der Waals surface area contributed by atoms with Gasteiger partial charge in [0.1, 0.15) is 10.7 Å². The van der Waals surface area contributed by atoms with Gasteiger partial charge in [-0.05, 0) is 37.1 Å². The first-order chi connectivity index (χ1) is 13.7. The van der Waals surface area contributed by atoms with Crippen LogP contribution < -0.4 is 15.4 Å². The molecule has 3 N–H and O–H groups in total. The lowest BCUT2D eigenvalue weighted by Gasteiger charge is -2.35. The summed E-state index contributed by atoms with van der Waals surface area (Å²) >= 11 is 0. The fraction of sp³-hybridized carbons (Fsp3) is 0.278. The monoisotopic (exact) mass is 419 g/mol. The second-order valence-electron chi connectivity index (χ2n) is 6.69. The number of nitrogens with two attached hydrogens (primary N) is 1. The molecule has 2 aromatic rings. The Morgan fingerprint density at radius 2 is 2.07 bits per heavy atom. The number of piperidine rings is 1. The number of nitrogens with zero attached hydrogens (tertiary/aromatic N) is 3. The summed E-state index contributed by atoms with van der Waals surface area (Å²) in [5, 5.41) is 28.1. The number of nitriles is 1. The zero-order chi connectivity index (χ0) is 21.2. The van der Waals surface area contributed by atoms with Crippen molar-refractivity contribution in [1.82, 2.24) is 0 Å². The lowest BCUT2D eigenvalue weighted by molar-refractivity contribution is -0.385. The maximum Gasteiger partial charge on any atom is 0.270 e. The number of halogens is 1. The van der Waals surface area contributed by atoms with Crippen LogP contribution >= 0.6 is 0 Å². The summed E-state index contributed by atoms with van der Waals surface area (Å²) in [4.78, 5) is 11.7. The van der Waals surface area contributed by atoms with Crippen molar-refractivity contribution >= 4 is 27.1 Å². The van der Waals surface area contributed by atoms with Gasteiger partial charge in [0.25, 0.3) is 5.69 Å². The molecule has 2 aromatic carbocycles. The highest BCUT2D eigenvalue weighted by molar-refractivity contribution is 7.89. The molecular weight excluding hydrogens is 401 g/mol. The minimum Gasteiger partial charge on any atom is -0.379 e. The molecule has 9 nitrogen and oxygen atoms in total. The molecule has 152 valence electrons. The van der Waals surface area contributed by atoms with Gasteiger partial charge in [0.15, 0.2) is 0 Å². The summed E-state index contributed by atoms with van der Waals surface area (Å²) in [6, 6.07) is 9.30. The lowest BCUT2D eigenvalue weighted by atomic mass is 10.0. The normalized spacial score (nSPS) is 16.9. The van der Waals surface area contributed by atoms with Gasteiger partial charge < -0.3 is 10.2 Å². The van der Waals surface area contributed by atoms with Crippen molar-refractivity contribution < 1.29 is 17.7 Å². The van der Waals surface area contributed by atoms with Crippen LogP contribution in [0, 0.1) is 27.3 Å². The number of hydrogen-bond donors (Lipinski definition) is 2. The van der Waals surface area contributed by atoms with Gasteiger partial charge >= 0.3 is 0 Å². The van der Waals surface area contributed by atoms with Gasteiger partial charge in [0.05, 0.1) is 27.9 Å². The fourth-order valence-corrected chi connectivity index (χ4v) is 4.06. The van der Waals surface area contributed by atoms with Crippen LogP contribution in [0.5, 0.6) is 0 Å². The van der Waals surface area contributed by atoms with E-state index in [-0.39, 0.29) is 27.9 Å². The van der Waals surface area contributed by atoms with E-state index in [0.717, 1.165) is 12.5 Å². The fourth-order valence-electron chi connectivity index (χ4n) is 3.35. The number of sulfonamides is 1. The van der Waals surface area contributed by atoms with Crippen LogP contribution in [0.3, 0.4) is 0 Å². The van der Waals surface area contributed by atoms with Gasteiger partial charge in [0, 0.05) is 31.3 Å². The Kier molecular flexibility index (Phi) is 5.67. The van der Waals surface area contributed by atoms with Gasteiger partial charge in [-0.2, -0.15) is 5.26 Å². The summed E-state index contributed by atoms with van der Waals surface area (Å²) in [7, 11) is -4.19. The van der Waals surface area contributed by atoms with Gasteiger partial charge in [0.2, 0.25) is 10.0 Å². The Balaban J connectivity index is 1.84. The number of anilines is 2. The summed E-state index contributed by atoms with van der Waals surface area (Å²) in [6.07, 6.45) is 1.41. The van der Waals surface area contributed by atoms with Crippen LogP contribution in [0.2, 0.25) is 0 Å². The summed E-state index contributed by atoms with van der Waals surface area (Å²) in [5.41, 5.74) is 0.349. The molecule has 0 aromatic heterocycles. The van der Waals surface area contributed by atoms with Gasteiger partial charge in [-0.15, -0.1) is 0 Å². The second-order valence-corrected chi connectivity index (χ2v) is 8.22. The first-order valence-electron chi connectivity index (χ1n) is 8.71. The van der Waals surface area contributed by atoms with E-state index in [1.54, 1.807) is 4.90 Å². The van der Waals surface area contributed by atoms with E-state index in [2.05, 4.69) is 5.32 Å². The SMILES string of the molecule is N#Cc1ccc(N2CCCC(Nc3ccc([N+](=O)[O-])cc3S(N)(=O)=O)C2)c(F)c1. The molecule has 1 unspecified atom stereocenters. The summed E-state index contributed by atoms with van der Waals surface area (Å²) < 4.78 is 38.1. The molecule has 0 spiro atoms. The van der Waals surface area contributed by atoms with Crippen LogP contribution in [0.15, 0.2) is 41.3 Å². The molecule has 0 aliphatic carbocycles. The quantitative estimate of drug-likeness (QED) is 0.559. The molecule has 0 amide bonds. The maximum absolute atomic E-state index is 14.3. The number of non-ortho nitro benzene ring substituents is 1. The smallest absolute Gasteiger partial charge is 0.270 e. The number of nitro benzene ring substituents is 1. The predicted molar refractivity (Wildman–Crippen MR) is 104 cm³/mol. The predicted octanol–water partition coefficient (Wildman–Crippen LogP) is 2.33. The molecule has 0 bridgehead atoms. The molecule has 29 heavy (non-hydrogen) atoms.